The fourth-order valence-electron chi connectivity index (χ4n) is 3.31. The van der Waals surface area contributed by atoms with Crippen molar-refractivity contribution in [2.75, 3.05) is 6.54 Å². The molecule has 1 unspecified atom stereocenters. The molecule has 2 fully saturated rings. The number of nitrogens with zero attached hydrogens (tertiary/aromatic N) is 1. The van der Waals surface area contributed by atoms with Crippen molar-refractivity contribution in [3.8, 4) is 0 Å². The van der Waals surface area contributed by atoms with E-state index in [9.17, 15) is 9.59 Å². The Kier molecular flexibility index (Phi) is 4.87. The Labute approximate surface area is 140 Å². The van der Waals surface area contributed by atoms with Gasteiger partial charge in [-0.25, -0.2) is 5.48 Å². The molecular weight excluding hydrogens is 316 g/mol. The van der Waals surface area contributed by atoms with Crippen LogP contribution in [0.5, 0.6) is 0 Å². The third-order valence-corrected chi connectivity index (χ3v) is 5.01. The van der Waals surface area contributed by atoms with Crippen molar-refractivity contribution >= 4 is 23.4 Å². The summed E-state index contributed by atoms with van der Waals surface area (Å²) in [5.74, 6) is -0.241. The van der Waals surface area contributed by atoms with Crippen molar-refractivity contribution in [1.29, 1.82) is 0 Å². The van der Waals surface area contributed by atoms with Crippen LogP contribution >= 0.6 is 11.6 Å². The molecule has 2 aliphatic rings. The average Bonchev–Trinajstić information content (AvgIpc) is 3.36. The number of nitrogens with one attached hydrogen (secondary N) is 1. The van der Waals surface area contributed by atoms with Crippen LogP contribution in [0.4, 0.5) is 0 Å². The van der Waals surface area contributed by atoms with Crippen molar-refractivity contribution < 1.29 is 14.8 Å². The van der Waals surface area contributed by atoms with Gasteiger partial charge in [0.1, 0.15) is 0 Å². The zero-order valence-corrected chi connectivity index (χ0v) is 13.6. The molecule has 2 amide bonds. The highest BCUT2D eigenvalue weighted by Crippen LogP contribution is 2.39. The normalized spacial score (nSPS) is 24.6. The maximum atomic E-state index is 12.8. The van der Waals surface area contributed by atoms with Crippen molar-refractivity contribution in [3.63, 3.8) is 0 Å². The second kappa shape index (κ2) is 6.89. The van der Waals surface area contributed by atoms with Gasteiger partial charge in [-0.3, -0.25) is 14.8 Å². The number of halogens is 1. The van der Waals surface area contributed by atoms with Gasteiger partial charge in [-0.1, -0.05) is 23.7 Å². The van der Waals surface area contributed by atoms with Gasteiger partial charge in [0.25, 0.3) is 0 Å². The summed E-state index contributed by atoms with van der Waals surface area (Å²) in [6, 6.07) is 7.69. The summed E-state index contributed by atoms with van der Waals surface area (Å²) >= 11 is 5.96. The Balaban J connectivity index is 1.78. The van der Waals surface area contributed by atoms with E-state index in [0.29, 0.717) is 17.4 Å². The summed E-state index contributed by atoms with van der Waals surface area (Å²) in [7, 11) is 0. The summed E-state index contributed by atoms with van der Waals surface area (Å²) in [6.07, 6.45) is 3.85. The van der Waals surface area contributed by atoms with Gasteiger partial charge in [0.05, 0.1) is 6.04 Å². The van der Waals surface area contributed by atoms with E-state index in [2.05, 4.69) is 0 Å². The predicted molar refractivity (Wildman–Crippen MR) is 85.9 cm³/mol. The maximum absolute atomic E-state index is 12.8. The number of benzene rings is 1. The highest BCUT2D eigenvalue weighted by molar-refractivity contribution is 6.30. The first-order valence-electron chi connectivity index (χ1n) is 8.07. The minimum Gasteiger partial charge on any atom is -0.335 e. The lowest BCUT2D eigenvalue weighted by Crippen LogP contribution is -2.45. The molecule has 124 valence electrons. The van der Waals surface area contributed by atoms with E-state index in [4.69, 9.17) is 16.8 Å². The Morgan fingerprint density at radius 1 is 1.22 bits per heavy atom. The van der Waals surface area contributed by atoms with Crippen LogP contribution in [-0.2, 0) is 9.59 Å². The molecule has 1 aliphatic heterocycles. The van der Waals surface area contributed by atoms with Gasteiger partial charge in [0, 0.05) is 23.9 Å². The van der Waals surface area contributed by atoms with Gasteiger partial charge >= 0.3 is 0 Å². The first-order chi connectivity index (χ1) is 11.1. The SMILES string of the molecule is O=C(CC1CC[C@@H](c2ccc(Cl)cc2)N(CC2CC2)C1=O)NO. The number of hydrogen-bond acceptors (Lipinski definition) is 3. The van der Waals surface area contributed by atoms with Gasteiger partial charge in [-0.2, -0.15) is 0 Å². The number of rotatable bonds is 5. The lowest BCUT2D eigenvalue weighted by atomic mass is 9.86. The van der Waals surface area contributed by atoms with Crippen molar-refractivity contribution in [2.24, 2.45) is 11.8 Å². The van der Waals surface area contributed by atoms with Crippen LogP contribution in [0.3, 0.4) is 0 Å². The fraction of sp³-hybridized carbons (Fsp3) is 0.529. The van der Waals surface area contributed by atoms with Gasteiger partial charge in [-0.15, -0.1) is 0 Å². The Morgan fingerprint density at radius 3 is 2.52 bits per heavy atom. The lowest BCUT2D eigenvalue weighted by Gasteiger charge is -2.39. The summed E-state index contributed by atoms with van der Waals surface area (Å²) in [5, 5.41) is 9.37. The third kappa shape index (κ3) is 3.85. The van der Waals surface area contributed by atoms with Crippen LogP contribution in [0.15, 0.2) is 24.3 Å². The summed E-state index contributed by atoms with van der Waals surface area (Å²) in [4.78, 5) is 26.2. The molecule has 2 atom stereocenters. The molecule has 1 saturated carbocycles. The van der Waals surface area contributed by atoms with E-state index in [1.54, 1.807) is 5.48 Å². The van der Waals surface area contributed by atoms with Crippen LogP contribution < -0.4 is 5.48 Å². The number of piperidine rings is 1. The van der Waals surface area contributed by atoms with Crippen molar-refractivity contribution in [3.05, 3.63) is 34.9 Å². The molecule has 1 heterocycles. The quantitative estimate of drug-likeness (QED) is 0.641. The topological polar surface area (TPSA) is 69.6 Å². The first-order valence-corrected chi connectivity index (χ1v) is 8.45. The molecular formula is C17H21ClN2O3. The standard InChI is InChI=1S/C17H21ClN2O3/c18-14-6-3-12(4-7-14)15-8-5-13(9-16(21)19-23)17(22)20(15)10-11-1-2-11/h3-4,6-7,11,13,15,23H,1-2,5,8-10H2,(H,19,21)/t13?,15-/m0/s1. The van der Waals surface area contributed by atoms with E-state index < -0.39 is 5.91 Å². The molecule has 0 aromatic heterocycles. The maximum Gasteiger partial charge on any atom is 0.244 e. The smallest absolute Gasteiger partial charge is 0.244 e. The van der Waals surface area contributed by atoms with Crippen LogP contribution in [0.2, 0.25) is 5.02 Å². The highest BCUT2D eigenvalue weighted by Gasteiger charge is 2.39. The number of hydrogen-bond donors (Lipinski definition) is 2. The first kappa shape index (κ1) is 16.3. The Morgan fingerprint density at radius 2 is 1.91 bits per heavy atom. The summed E-state index contributed by atoms with van der Waals surface area (Å²) in [6.45, 7) is 0.753. The predicted octanol–water partition coefficient (Wildman–Crippen LogP) is 2.93. The van der Waals surface area contributed by atoms with Gasteiger partial charge in [-0.05, 0) is 49.3 Å². The van der Waals surface area contributed by atoms with Gasteiger partial charge in [0.2, 0.25) is 11.8 Å². The van der Waals surface area contributed by atoms with Crippen molar-refractivity contribution in [2.45, 2.75) is 38.1 Å². The molecule has 0 bridgehead atoms. The molecule has 1 saturated heterocycles. The number of carbonyl (C=O) groups is 2. The van der Waals surface area contributed by atoms with Crippen LogP contribution in [0.1, 0.15) is 43.7 Å². The molecule has 5 nitrogen and oxygen atoms in total. The number of carbonyl (C=O) groups excluding carboxylic acids is 2. The van der Waals surface area contributed by atoms with Crippen LogP contribution in [0, 0.1) is 11.8 Å². The molecule has 2 N–H and O–H groups in total. The molecule has 23 heavy (non-hydrogen) atoms. The van der Waals surface area contributed by atoms with E-state index in [1.807, 2.05) is 29.2 Å². The molecule has 1 aromatic carbocycles. The second-order valence-corrected chi connectivity index (χ2v) is 6.95. The molecule has 0 radical (unpaired) electrons. The molecule has 6 heteroatoms. The average molecular weight is 337 g/mol. The van der Waals surface area contributed by atoms with E-state index >= 15 is 0 Å². The van der Waals surface area contributed by atoms with Crippen LogP contribution in [-0.4, -0.2) is 28.5 Å². The zero-order valence-electron chi connectivity index (χ0n) is 12.9. The van der Waals surface area contributed by atoms with Gasteiger partial charge < -0.3 is 4.90 Å². The number of likely N-dealkylation sites (tertiary alicyclic amines) is 1. The third-order valence-electron chi connectivity index (χ3n) is 4.76. The van der Waals surface area contributed by atoms with Crippen molar-refractivity contribution in [1.82, 2.24) is 10.4 Å². The lowest BCUT2D eigenvalue weighted by molar-refractivity contribution is -0.146. The second-order valence-electron chi connectivity index (χ2n) is 6.51. The van der Waals surface area contributed by atoms with E-state index in [-0.39, 0.29) is 24.3 Å². The van der Waals surface area contributed by atoms with E-state index in [1.165, 1.54) is 12.8 Å². The number of amides is 2. The fourth-order valence-corrected chi connectivity index (χ4v) is 3.44. The molecule has 1 aliphatic carbocycles. The monoisotopic (exact) mass is 336 g/mol. The molecule has 1 aromatic rings. The molecule has 0 spiro atoms. The van der Waals surface area contributed by atoms with Gasteiger partial charge in [0.15, 0.2) is 0 Å². The Hall–Kier alpha value is -1.59. The summed E-state index contributed by atoms with van der Waals surface area (Å²) in [5.41, 5.74) is 2.72. The largest absolute Gasteiger partial charge is 0.335 e. The minimum absolute atomic E-state index is 0.0201. The Bertz CT molecular complexity index is 586. The highest BCUT2D eigenvalue weighted by atomic mass is 35.5. The zero-order chi connectivity index (χ0) is 16.4. The molecule has 3 rings (SSSR count). The number of hydroxylamine groups is 1. The van der Waals surface area contributed by atoms with Crippen LogP contribution in [0.25, 0.3) is 0 Å². The van der Waals surface area contributed by atoms with E-state index in [0.717, 1.165) is 18.5 Å². The minimum atomic E-state index is -0.500. The summed E-state index contributed by atoms with van der Waals surface area (Å²) < 4.78 is 0.